The zero-order valence-corrected chi connectivity index (χ0v) is 12.9. The molecule has 0 atom stereocenters. The molecule has 3 rings (SSSR count). The highest BCUT2D eigenvalue weighted by Crippen LogP contribution is 2.15. The second-order valence-electron chi connectivity index (χ2n) is 5.63. The molecule has 1 aliphatic heterocycles. The van der Waals surface area contributed by atoms with E-state index >= 15 is 0 Å². The third-order valence-electron chi connectivity index (χ3n) is 4.15. The lowest BCUT2D eigenvalue weighted by atomic mass is 10.1. The zero-order chi connectivity index (χ0) is 15.4. The van der Waals surface area contributed by atoms with Crippen molar-refractivity contribution in [1.29, 1.82) is 0 Å². The van der Waals surface area contributed by atoms with Gasteiger partial charge in [0.15, 0.2) is 5.69 Å². The number of H-pyrrole nitrogens is 1. The smallest absolute Gasteiger partial charge is 0.272 e. The van der Waals surface area contributed by atoms with Gasteiger partial charge in [0.25, 0.3) is 5.91 Å². The van der Waals surface area contributed by atoms with E-state index in [1.165, 1.54) is 11.1 Å². The molecule has 0 radical (unpaired) electrons. The Bertz CT molecular complexity index is 645. The molecule has 0 unspecified atom stereocenters. The molecule has 1 aromatic heterocycles. The summed E-state index contributed by atoms with van der Waals surface area (Å²) < 4.78 is 0. The van der Waals surface area contributed by atoms with E-state index in [-0.39, 0.29) is 5.91 Å². The first-order valence-corrected chi connectivity index (χ1v) is 7.90. The lowest BCUT2D eigenvalue weighted by molar-refractivity contribution is 0.0948. The molecule has 2 aromatic rings. The molecule has 22 heavy (non-hydrogen) atoms. The fourth-order valence-electron chi connectivity index (χ4n) is 2.76. The molecule has 0 aliphatic carbocycles. The summed E-state index contributed by atoms with van der Waals surface area (Å²) >= 11 is 0. The van der Waals surface area contributed by atoms with Gasteiger partial charge in [-0.2, -0.15) is 5.10 Å². The number of hydrogen-bond acceptors (Lipinski definition) is 3. The van der Waals surface area contributed by atoms with Crippen molar-refractivity contribution in [2.75, 3.05) is 13.1 Å². The molecule has 5 nitrogen and oxygen atoms in total. The Hall–Kier alpha value is -2.14. The van der Waals surface area contributed by atoms with Gasteiger partial charge in [-0.25, -0.2) is 0 Å². The largest absolute Gasteiger partial charge is 0.350 e. The Kier molecular flexibility index (Phi) is 4.53. The third-order valence-corrected chi connectivity index (χ3v) is 4.15. The first-order chi connectivity index (χ1) is 10.8. The van der Waals surface area contributed by atoms with Gasteiger partial charge < -0.3 is 10.6 Å². The average molecular weight is 298 g/mol. The highest BCUT2D eigenvalue weighted by molar-refractivity contribution is 5.94. The second kappa shape index (κ2) is 6.75. The summed E-state index contributed by atoms with van der Waals surface area (Å²) in [6.07, 6.45) is 2.79. The van der Waals surface area contributed by atoms with Gasteiger partial charge in [0.05, 0.1) is 0 Å². The Labute approximate surface area is 130 Å². The van der Waals surface area contributed by atoms with Crippen molar-refractivity contribution < 1.29 is 4.79 Å². The van der Waals surface area contributed by atoms with Gasteiger partial charge >= 0.3 is 0 Å². The molecule has 0 saturated carbocycles. The minimum Gasteiger partial charge on any atom is -0.350 e. The fraction of sp³-hybridized carbons (Fsp3) is 0.412. The number of hydrogen-bond donors (Lipinski definition) is 3. The minimum atomic E-state index is -0.0913. The number of amides is 1. The molecule has 0 fully saturated rings. The summed E-state index contributed by atoms with van der Waals surface area (Å²) in [6, 6.07) is 8.55. The zero-order valence-electron chi connectivity index (χ0n) is 12.9. The molecule has 3 N–H and O–H groups in total. The molecule has 116 valence electrons. The van der Waals surface area contributed by atoms with Crippen LogP contribution in [0.4, 0.5) is 0 Å². The Morgan fingerprint density at radius 1 is 1.27 bits per heavy atom. The maximum absolute atomic E-state index is 12.2. The number of nitrogens with one attached hydrogen (secondary N) is 3. The molecular weight excluding hydrogens is 276 g/mol. The normalized spacial score (nSPS) is 13.7. The van der Waals surface area contributed by atoms with Gasteiger partial charge in [-0.3, -0.25) is 9.89 Å². The van der Waals surface area contributed by atoms with Gasteiger partial charge in [-0.1, -0.05) is 31.2 Å². The van der Waals surface area contributed by atoms with Crippen LogP contribution in [0.3, 0.4) is 0 Å². The lowest BCUT2D eigenvalue weighted by Crippen LogP contribution is -2.29. The van der Waals surface area contributed by atoms with Crippen LogP contribution >= 0.6 is 0 Å². The molecule has 1 amide bonds. The summed E-state index contributed by atoms with van der Waals surface area (Å²) in [7, 11) is 0. The summed E-state index contributed by atoms with van der Waals surface area (Å²) in [4.78, 5) is 12.2. The van der Waals surface area contributed by atoms with Crippen LogP contribution in [-0.4, -0.2) is 29.2 Å². The van der Waals surface area contributed by atoms with Crippen LogP contribution in [-0.2, 0) is 25.8 Å². The highest BCUT2D eigenvalue weighted by Gasteiger charge is 2.20. The van der Waals surface area contributed by atoms with E-state index in [9.17, 15) is 4.79 Å². The molecule has 2 heterocycles. The topological polar surface area (TPSA) is 69.8 Å². The summed E-state index contributed by atoms with van der Waals surface area (Å²) in [5, 5.41) is 13.4. The Morgan fingerprint density at radius 3 is 2.82 bits per heavy atom. The van der Waals surface area contributed by atoms with E-state index in [1.807, 2.05) is 0 Å². The summed E-state index contributed by atoms with van der Waals surface area (Å²) in [6.45, 7) is 4.42. The maximum Gasteiger partial charge on any atom is 0.272 e. The number of carbonyl (C=O) groups excluding carboxylic acids is 1. The number of nitrogens with zero attached hydrogens (tertiary/aromatic N) is 1. The first kappa shape index (κ1) is 14.8. The van der Waals surface area contributed by atoms with Gasteiger partial charge in [0.2, 0.25) is 0 Å². The fourth-order valence-corrected chi connectivity index (χ4v) is 2.76. The van der Waals surface area contributed by atoms with E-state index < -0.39 is 0 Å². The van der Waals surface area contributed by atoms with Crippen molar-refractivity contribution in [3.63, 3.8) is 0 Å². The number of rotatable bonds is 5. The predicted octanol–water partition coefficient (Wildman–Crippen LogP) is 1.59. The molecule has 5 heteroatoms. The standard InChI is InChI=1S/C17H22N4O/c1-2-12-3-5-13(6-4-12)7-10-19-17(22)16-14-11-18-9-8-15(14)20-21-16/h3-6,18H,2,7-11H2,1H3,(H,19,22)(H,20,21). The Morgan fingerprint density at radius 2 is 2.05 bits per heavy atom. The van der Waals surface area contributed by atoms with Crippen molar-refractivity contribution in [2.24, 2.45) is 0 Å². The average Bonchev–Trinajstić information content (AvgIpc) is 2.99. The summed E-state index contributed by atoms with van der Waals surface area (Å²) in [5.41, 5.74) is 5.20. The molecule has 1 aliphatic rings. The molecule has 1 aromatic carbocycles. The van der Waals surface area contributed by atoms with Crippen LogP contribution < -0.4 is 10.6 Å². The molecule has 0 spiro atoms. The van der Waals surface area contributed by atoms with E-state index in [1.54, 1.807) is 0 Å². The monoisotopic (exact) mass is 298 g/mol. The van der Waals surface area contributed by atoms with Crippen LogP contribution in [0, 0.1) is 0 Å². The van der Waals surface area contributed by atoms with Crippen molar-refractivity contribution in [1.82, 2.24) is 20.8 Å². The van der Waals surface area contributed by atoms with E-state index in [4.69, 9.17) is 0 Å². The van der Waals surface area contributed by atoms with Crippen molar-refractivity contribution in [2.45, 2.75) is 32.7 Å². The predicted molar refractivity (Wildman–Crippen MR) is 85.9 cm³/mol. The quantitative estimate of drug-likeness (QED) is 0.785. The van der Waals surface area contributed by atoms with Gasteiger partial charge in [-0.05, 0) is 24.0 Å². The summed E-state index contributed by atoms with van der Waals surface area (Å²) in [5.74, 6) is -0.0913. The molecular formula is C17H22N4O. The van der Waals surface area contributed by atoms with Crippen molar-refractivity contribution in [3.8, 4) is 0 Å². The van der Waals surface area contributed by atoms with Crippen molar-refractivity contribution in [3.05, 3.63) is 52.3 Å². The SMILES string of the molecule is CCc1ccc(CCNC(=O)c2n[nH]c3c2CNCC3)cc1. The van der Waals surface area contributed by atoms with Crippen LogP contribution in [0.15, 0.2) is 24.3 Å². The van der Waals surface area contributed by atoms with E-state index in [0.29, 0.717) is 18.8 Å². The second-order valence-corrected chi connectivity index (χ2v) is 5.63. The molecule has 0 bridgehead atoms. The number of benzene rings is 1. The first-order valence-electron chi connectivity index (χ1n) is 7.90. The third kappa shape index (κ3) is 3.20. The number of fused-ring (bicyclic) bond motifs is 1. The van der Waals surface area contributed by atoms with Gasteiger partial charge in [0.1, 0.15) is 0 Å². The Balaban J connectivity index is 1.55. The van der Waals surface area contributed by atoms with E-state index in [2.05, 4.69) is 52.0 Å². The van der Waals surface area contributed by atoms with E-state index in [0.717, 1.165) is 37.1 Å². The van der Waals surface area contributed by atoms with Crippen LogP contribution in [0.2, 0.25) is 0 Å². The lowest BCUT2D eigenvalue weighted by Gasteiger charge is -2.12. The van der Waals surface area contributed by atoms with Gasteiger partial charge in [0, 0.05) is 37.3 Å². The van der Waals surface area contributed by atoms with Crippen LogP contribution in [0.25, 0.3) is 0 Å². The molecule has 0 saturated heterocycles. The van der Waals surface area contributed by atoms with Crippen LogP contribution in [0.5, 0.6) is 0 Å². The van der Waals surface area contributed by atoms with Crippen molar-refractivity contribution >= 4 is 5.91 Å². The number of aryl methyl sites for hydroxylation is 1. The highest BCUT2D eigenvalue weighted by atomic mass is 16.1. The van der Waals surface area contributed by atoms with Crippen LogP contribution in [0.1, 0.15) is 39.8 Å². The number of carbonyl (C=O) groups is 1. The number of aromatic nitrogens is 2. The number of aromatic amines is 1. The van der Waals surface area contributed by atoms with Gasteiger partial charge in [-0.15, -0.1) is 0 Å². The maximum atomic E-state index is 12.2. The minimum absolute atomic E-state index is 0.0913.